The molecular weight excluding hydrogens is 309 g/mol. The predicted molar refractivity (Wildman–Crippen MR) is 71.8 cm³/mol. The topological polar surface area (TPSA) is 103 Å². The Morgan fingerprint density at radius 1 is 1.45 bits per heavy atom. The zero-order valence-electron chi connectivity index (χ0n) is 9.79. The van der Waals surface area contributed by atoms with Gasteiger partial charge in [-0.05, 0) is 17.1 Å². The van der Waals surface area contributed by atoms with Gasteiger partial charge in [0.2, 0.25) is 12.2 Å². The number of halogens is 2. The van der Waals surface area contributed by atoms with Gasteiger partial charge in [-0.1, -0.05) is 34.3 Å². The van der Waals surface area contributed by atoms with Crippen molar-refractivity contribution in [1.82, 2.24) is 14.8 Å². The second-order valence-electron chi connectivity index (χ2n) is 3.65. The monoisotopic (exact) mass is 315 g/mol. The van der Waals surface area contributed by atoms with Gasteiger partial charge in [-0.25, -0.2) is 0 Å². The summed E-state index contributed by atoms with van der Waals surface area (Å²) in [5.74, 6) is -1.03. The van der Waals surface area contributed by atoms with Crippen molar-refractivity contribution in [2.24, 2.45) is 0 Å². The molecule has 2 aromatic rings. The highest BCUT2D eigenvalue weighted by molar-refractivity contribution is 6.43. The lowest BCUT2D eigenvalue weighted by atomic mass is 10.3. The van der Waals surface area contributed by atoms with Crippen LogP contribution in [0.15, 0.2) is 24.5 Å². The molecule has 0 unspecified atom stereocenters. The zero-order valence-corrected chi connectivity index (χ0v) is 11.3. The summed E-state index contributed by atoms with van der Waals surface area (Å²) in [6, 6.07) is 4.79. The minimum atomic E-state index is -0.748. The Labute approximate surface area is 122 Å². The standard InChI is InChI=1S/C10H7Cl2N5O3/c11-6-2-1-3-7(9(6)12)14-8(18)4-16-5-13-10(15-16)17(19)20/h1-3,5H,4H2,(H,14,18). The first kappa shape index (κ1) is 14.2. The number of carbonyl (C=O) groups excluding carboxylic acids is 1. The van der Waals surface area contributed by atoms with Crippen LogP contribution in [0.5, 0.6) is 0 Å². The van der Waals surface area contributed by atoms with Crippen molar-refractivity contribution in [3.63, 3.8) is 0 Å². The number of aromatic nitrogens is 3. The van der Waals surface area contributed by atoms with Gasteiger partial charge in [-0.3, -0.25) is 4.79 Å². The molecule has 20 heavy (non-hydrogen) atoms. The molecule has 0 spiro atoms. The zero-order chi connectivity index (χ0) is 14.7. The Morgan fingerprint density at radius 2 is 2.20 bits per heavy atom. The third-order valence-corrected chi connectivity index (χ3v) is 3.04. The third-order valence-electron chi connectivity index (χ3n) is 2.22. The molecule has 0 saturated heterocycles. The van der Waals surface area contributed by atoms with Crippen LogP contribution in [0.4, 0.5) is 11.6 Å². The number of hydrogen-bond donors (Lipinski definition) is 1. The van der Waals surface area contributed by atoms with E-state index in [1.54, 1.807) is 18.2 Å². The molecule has 0 aliphatic carbocycles. The van der Waals surface area contributed by atoms with Crippen molar-refractivity contribution in [2.75, 3.05) is 5.32 Å². The Morgan fingerprint density at radius 3 is 2.85 bits per heavy atom. The molecule has 1 aromatic carbocycles. The Hall–Kier alpha value is -2.19. The van der Waals surface area contributed by atoms with E-state index in [2.05, 4.69) is 15.4 Å². The van der Waals surface area contributed by atoms with Crippen LogP contribution in [-0.2, 0) is 11.3 Å². The van der Waals surface area contributed by atoms with E-state index in [1.165, 1.54) is 0 Å². The van der Waals surface area contributed by atoms with E-state index in [0.717, 1.165) is 11.0 Å². The first-order valence-electron chi connectivity index (χ1n) is 5.25. The summed E-state index contributed by atoms with van der Waals surface area (Å²) in [6.07, 6.45) is 1.09. The molecule has 8 nitrogen and oxygen atoms in total. The summed E-state index contributed by atoms with van der Waals surface area (Å²) in [5, 5.41) is 17.0. The van der Waals surface area contributed by atoms with Gasteiger partial charge in [0.25, 0.3) is 0 Å². The highest BCUT2D eigenvalue weighted by atomic mass is 35.5. The smallest absolute Gasteiger partial charge is 0.390 e. The number of carbonyl (C=O) groups is 1. The van der Waals surface area contributed by atoms with Crippen molar-refractivity contribution < 1.29 is 9.72 Å². The van der Waals surface area contributed by atoms with Gasteiger partial charge in [-0.2, -0.15) is 4.68 Å². The average Bonchev–Trinajstić information content (AvgIpc) is 2.83. The highest BCUT2D eigenvalue weighted by Gasteiger charge is 2.16. The summed E-state index contributed by atoms with van der Waals surface area (Å²) >= 11 is 11.7. The SMILES string of the molecule is O=C(Cn1cnc([N+](=O)[O-])n1)Nc1cccc(Cl)c1Cl. The predicted octanol–water partition coefficient (Wildman–Crippen LogP) is 2.13. The van der Waals surface area contributed by atoms with Gasteiger partial charge in [0.1, 0.15) is 6.54 Å². The van der Waals surface area contributed by atoms with Crippen LogP contribution in [0.3, 0.4) is 0 Å². The van der Waals surface area contributed by atoms with E-state index < -0.39 is 16.8 Å². The first-order chi connectivity index (χ1) is 9.47. The molecule has 0 saturated carbocycles. The lowest BCUT2D eigenvalue weighted by molar-refractivity contribution is -0.394. The van der Waals surface area contributed by atoms with E-state index in [0.29, 0.717) is 10.7 Å². The molecule has 1 N–H and O–H groups in total. The van der Waals surface area contributed by atoms with Gasteiger partial charge in [0.15, 0.2) is 0 Å². The maximum Gasteiger partial charge on any atom is 0.490 e. The van der Waals surface area contributed by atoms with Crippen LogP contribution in [0.2, 0.25) is 10.0 Å². The molecule has 10 heteroatoms. The Bertz CT molecular complexity index is 673. The molecule has 0 bridgehead atoms. The molecule has 104 valence electrons. The lowest BCUT2D eigenvalue weighted by Gasteiger charge is -2.06. The fourth-order valence-corrected chi connectivity index (χ4v) is 1.73. The van der Waals surface area contributed by atoms with Crippen molar-refractivity contribution in [3.8, 4) is 0 Å². The fraction of sp³-hybridized carbons (Fsp3) is 0.100. The number of rotatable bonds is 4. The fourth-order valence-electron chi connectivity index (χ4n) is 1.38. The van der Waals surface area contributed by atoms with Crippen LogP contribution >= 0.6 is 23.2 Å². The van der Waals surface area contributed by atoms with Gasteiger partial charge >= 0.3 is 5.95 Å². The second-order valence-corrected chi connectivity index (χ2v) is 4.43. The third kappa shape index (κ3) is 3.22. The van der Waals surface area contributed by atoms with E-state index in [9.17, 15) is 14.9 Å². The summed E-state index contributed by atoms with van der Waals surface area (Å²) in [7, 11) is 0. The maximum atomic E-state index is 11.8. The van der Waals surface area contributed by atoms with Gasteiger partial charge in [-0.15, -0.1) is 0 Å². The first-order valence-corrected chi connectivity index (χ1v) is 6.00. The highest BCUT2D eigenvalue weighted by Crippen LogP contribution is 2.29. The van der Waals surface area contributed by atoms with Gasteiger partial charge in [0, 0.05) is 5.10 Å². The van der Waals surface area contributed by atoms with E-state index in [4.69, 9.17) is 23.2 Å². The van der Waals surface area contributed by atoms with Crippen LogP contribution in [0.1, 0.15) is 0 Å². The largest absolute Gasteiger partial charge is 0.490 e. The summed E-state index contributed by atoms with van der Waals surface area (Å²) < 4.78 is 1.05. The van der Waals surface area contributed by atoms with Crippen LogP contribution in [0, 0.1) is 10.1 Å². The molecule has 1 amide bonds. The van der Waals surface area contributed by atoms with Crippen molar-refractivity contribution in [3.05, 3.63) is 44.7 Å². The summed E-state index contributed by atoms with van der Waals surface area (Å²) in [6.45, 7) is -0.232. The maximum absolute atomic E-state index is 11.8. The Kier molecular flexibility index (Phi) is 4.16. The average molecular weight is 316 g/mol. The number of amides is 1. The molecule has 0 aliphatic rings. The molecule has 0 radical (unpaired) electrons. The van der Waals surface area contributed by atoms with E-state index >= 15 is 0 Å². The molecule has 2 rings (SSSR count). The van der Waals surface area contributed by atoms with Gasteiger partial charge in [0.05, 0.1) is 15.7 Å². The van der Waals surface area contributed by atoms with E-state index in [-0.39, 0.29) is 11.6 Å². The van der Waals surface area contributed by atoms with E-state index in [1.807, 2.05) is 0 Å². The minimum absolute atomic E-state index is 0.215. The molecule has 1 aromatic heterocycles. The number of nitrogens with one attached hydrogen (secondary N) is 1. The Balaban J connectivity index is 2.05. The van der Waals surface area contributed by atoms with Crippen molar-refractivity contribution >= 4 is 40.7 Å². The molecule has 0 fully saturated rings. The number of nitro groups is 1. The van der Waals surface area contributed by atoms with Gasteiger partial charge < -0.3 is 15.4 Å². The second kappa shape index (κ2) is 5.85. The van der Waals surface area contributed by atoms with Crippen LogP contribution in [-0.4, -0.2) is 25.6 Å². The molecule has 0 atom stereocenters. The van der Waals surface area contributed by atoms with Crippen molar-refractivity contribution in [2.45, 2.75) is 6.54 Å². The van der Waals surface area contributed by atoms with Crippen molar-refractivity contribution in [1.29, 1.82) is 0 Å². The quantitative estimate of drug-likeness (QED) is 0.687. The molecule has 0 aliphatic heterocycles. The number of hydrogen-bond acceptors (Lipinski definition) is 5. The molecular formula is C10H7Cl2N5O3. The number of anilines is 1. The van der Waals surface area contributed by atoms with Crippen LogP contribution < -0.4 is 5.32 Å². The normalized spacial score (nSPS) is 10.3. The lowest BCUT2D eigenvalue weighted by Crippen LogP contribution is -2.19. The number of nitrogens with zero attached hydrogens (tertiary/aromatic N) is 4. The number of benzene rings is 1. The summed E-state index contributed by atoms with van der Waals surface area (Å²) in [5.41, 5.74) is 0.346. The summed E-state index contributed by atoms with van der Waals surface area (Å²) in [4.78, 5) is 24.8. The minimum Gasteiger partial charge on any atom is -0.390 e. The molecule has 1 heterocycles. The van der Waals surface area contributed by atoms with Crippen LogP contribution in [0.25, 0.3) is 0 Å².